The Morgan fingerprint density at radius 3 is 2.86 bits per heavy atom. The lowest BCUT2D eigenvalue weighted by Crippen LogP contribution is -2.55. The number of aromatic nitrogens is 1. The van der Waals surface area contributed by atoms with Gasteiger partial charge in [-0.1, -0.05) is 31.2 Å². The van der Waals surface area contributed by atoms with Crippen molar-refractivity contribution in [2.24, 2.45) is 11.3 Å². The van der Waals surface area contributed by atoms with Crippen LogP contribution < -0.4 is 4.72 Å². The van der Waals surface area contributed by atoms with Crippen molar-refractivity contribution in [3.05, 3.63) is 65.5 Å². The zero-order chi connectivity index (χ0) is 24.1. The number of ether oxygens (including phenoxy) is 1. The lowest BCUT2D eigenvalue weighted by Gasteiger charge is -2.54. The fourth-order valence-electron chi connectivity index (χ4n) is 8.68. The van der Waals surface area contributed by atoms with Crippen molar-refractivity contribution in [3.63, 3.8) is 0 Å². The topological polar surface area (TPSA) is 68.3 Å². The number of fused-ring (bicyclic) bond motifs is 2. The first-order valence-electron chi connectivity index (χ1n) is 13.1. The molecule has 3 fully saturated rings. The van der Waals surface area contributed by atoms with Crippen molar-refractivity contribution < 1.29 is 13.2 Å². The summed E-state index contributed by atoms with van der Waals surface area (Å²) in [5, 5.41) is 2.46. The minimum Gasteiger partial charge on any atom is -0.359 e. The van der Waals surface area contributed by atoms with Crippen molar-refractivity contribution in [2.45, 2.75) is 81.5 Å². The van der Waals surface area contributed by atoms with E-state index in [1.54, 1.807) is 0 Å². The van der Waals surface area contributed by atoms with Gasteiger partial charge in [-0.15, -0.1) is 0 Å². The summed E-state index contributed by atoms with van der Waals surface area (Å²) in [6, 6.07) is 8.98. The fraction of sp³-hybridized carbons (Fsp3) is 0.552. The molecular weight excluding hydrogens is 456 g/mol. The number of rotatable bonds is 3. The Balaban J connectivity index is 1.24. The van der Waals surface area contributed by atoms with Gasteiger partial charge in [0.25, 0.3) is 0 Å². The first kappa shape index (κ1) is 22.2. The zero-order valence-electron chi connectivity index (χ0n) is 20.6. The molecule has 6 heteroatoms. The SMILES string of the molecule is CC12CC=C3C=C4CC[C@@H](NS(C)(=O)=O)C[C@]45CC[C@]3(O5)[C@@H]1CCC2c1ccc2ccncc2c1. The van der Waals surface area contributed by atoms with Gasteiger partial charge in [0, 0.05) is 23.8 Å². The third kappa shape index (κ3) is 3.19. The van der Waals surface area contributed by atoms with E-state index in [9.17, 15) is 8.42 Å². The van der Waals surface area contributed by atoms with Crippen molar-refractivity contribution in [1.29, 1.82) is 0 Å². The molecule has 2 bridgehead atoms. The second-order valence-corrected chi connectivity index (χ2v) is 13.8. The van der Waals surface area contributed by atoms with Gasteiger partial charge in [0.1, 0.15) is 0 Å². The largest absolute Gasteiger partial charge is 0.359 e. The Morgan fingerprint density at radius 2 is 2.00 bits per heavy atom. The second-order valence-electron chi connectivity index (χ2n) is 12.0. The number of benzene rings is 1. The van der Waals surface area contributed by atoms with Gasteiger partial charge in [0.05, 0.1) is 17.5 Å². The molecule has 6 atom stereocenters. The van der Waals surface area contributed by atoms with Crippen LogP contribution in [-0.2, 0) is 14.8 Å². The summed E-state index contributed by atoms with van der Waals surface area (Å²) in [4.78, 5) is 4.35. The van der Waals surface area contributed by atoms with E-state index >= 15 is 0 Å². The van der Waals surface area contributed by atoms with Gasteiger partial charge in [-0.25, -0.2) is 13.1 Å². The first-order valence-corrected chi connectivity index (χ1v) is 15.0. The molecule has 0 amide bonds. The third-order valence-electron chi connectivity index (χ3n) is 10.1. The molecule has 2 aromatic rings. The molecule has 3 aliphatic carbocycles. The minimum absolute atomic E-state index is 0.0414. The summed E-state index contributed by atoms with van der Waals surface area (Å²) in [6.45, 7) is 2.49. The summed E-state index contributed by atoms with van der Waals surface area (Å²) in [6.07, 6.45) is 18.1. The summed E-state index contributed by atoms with van der Waals surface area (Å²) in [7, 11) is -3.23. The van der Waals surface area contributed by atoms with Crippen LogP contribution in [0.4, 0.5) is 0 Å². The van der Waals surface area contributed by atoms with Crippen molar-refractivity contribution in [1.82, 2.24) is 9.71 Å². The first-order chi connectivity index (χ1) is 16.7. The summed E-state index contributed by atoms with van der Waals surface area (Å²) < 4.78 is 34.1. The molecule has 5 aliphatic rings. The standard InChI is InChI=1S/C29H34N2O3S/c1-27-11-9-23-16-22-5-6-24(31-35(2,32)33)17-28(22)12-13-29(23,34-28)26(27)8-7-25(27)20-4-3-19-10-14-30-18-21(19)15-20/h3-4,9-10,14-16,18,24-26,31H,5-8,11-13,17H2,1-2H3/t24-,25?,26-,27?,28-,29-/m1/s1. The number of hydrogen-bond donors (Lipinski definition) is 1. The maximum atomic E-state index is 12.0. The summed E-state index contributed by atoms with van der Waals surface area (Å²) >= 11 is 0. The van der Waals surface area contributed by atoms with E-state index in [4.69, 9.17) is 4.74 Å². The van der Waals surface area contributed by atoms with Crippen LogP contribution in [-0.4, -0.2) is 36.9 Å². The van der Waals surface area contributed by atoms with E-state index < -0.39 is 10.0 Å². The molecule has 3 heterocycles. The molecule has 1 saturated heterocycles. The monoisotopic (exact) mass is 490 g/mol. The summed E-state index contributed by atoms with van der Waals surface area (Å²) in [5.41, 5.74) is 3.85. The lowest BCUT2D eigenvalue weighted by atomic mass is 9.58. The van der Waals surface area contributed by atoms with Crippen molar-refractivity contribution in [2.75, 3.05) is 6.26 Å². The highest BCUT2D eigenvalue weighted by Crippen LogP contribution is 2.69. The lowest BCUT2D eigenvalue weighted by molar-refractivity contribution is -0.135. The number of allylic oxidation sites excluding steroid dienone is 1. The van der Waals surface area contributed by atoms with E-state index in [1.807, 2.05) is 12.4 Å². The van der Waals surface area contributed by atoms with Gasteiger partial charge in [0.15, 0.2) is 0 Å². The summed E-state index contributed by atoms with van der Waals surface area (Å²) in [5.74, 6) is 0.978. The number of sulfonamides is 1. The van der Waals surface area contributed by atoms with Gasteiger partial charge in [0.2, 0.25) is 10.0 Å². The maximum Gasteiger partial charge on any atom is 0.208 e. The average Bonchev–Trinajstić information content (AvgIpc) is 3.33. The molecule has 1 aromatic carbocycles. The Morgan fingerprint density at radius 1 is 1.11 bits per heavy atom. The van der Waals surface area contributed by atoms with E-state index in [0.717, 1.165) is 38.5 Å². The average molecular weight is 491 g/mol. The van der Waals surface area contributed by atoms with Gasteiger partial charge >= 0.3 is 0 Å². The number of nitrogens with zero attached hydrogens (tertiary/aromatic N) is 1. The van der Waals surface area contributed by atoms with Crippen LogP contribution in [0.1, 0.15) is 69.8 Å². The van der Waals surface area contributed by atoms with E-state index in [-0.39, 0.29) is 22.7 Å². The van der Waals surface area contributed by atoms with Crippen LogP contribution in [0.25, 0.3) is 10.8 Å². The van der Waals surface area contributed by atoms with Crippen LogP contribution in [0.2, 0.25) is 0 Å². The van der Waals surface area contributed by atoms with Gasteiger partial charge in [-0.2, -0.15) is 0 Å². The van der Waals surface area contributed by atoms with Crippen molar-refractivity contribution >= 4 is 20.8 Å². The minimum atomic E-state index is -3.23. The third-order valence-corrected chi connectivity index (χ3v) is 10.9. The normalized spacial score (nSPS) is 40.0. The molecular formula is C29H34N2O3S. The van der Waals surface area contributed by atoms with E-state index in [1.165, 1.54) is 46.6 Å². The molecule has 1 aromatic heterocycles. The van der Waals surface area contributed by atoms with Crippen LogP contribution in [0, 0.1) is 11.3 Å². The molecule has 184 valence electrons. The molecule has 2 spiro atoms. The van der Waals surface area contributed by atoms with Crippen molar-refractivity contribution in [3.8, 4) is 0 Å². The van der Waals surface area contributed by atoms with E-state index in [2.05, 4.69) is 53.0 Å². The molecule has 5 nitrogen and oxygen atoms in total. The molecule has 1 N–H and O–H groups in total. The smallest absolute Gasteiger partial charge is 0.208 e. The highest BCUT2D eigenvalue weighted by Gasteiger charge is 2.66. The molecule has 2 aliphatic heterocycles. The predicted octanol–water partition coefficient (Wildman–Crippen LogP) is 5.39. The number of pyridine rings is 1. The Hall–Kier alpha value is -2.02. The molecule has 2 unspecified atom stereocenters. The number of hydrogen-bond acceptors (Lipinski definition) is 4. The Kier molecular flexibility index (Phi) is 4.61. The molecule has 35 heavy (non-hydrogen) atoms. The van der Waals surface area contributed by atoms with Crippen LogP contribution >= 0.6 is 0 Å². The molecule has 7 rings (SSSR count). The maximum absolute atomic E-state index is 12.0. The molecule has 0 radical (unpaired) electrons. The predicted molar refractivity (Wildman–Crippen MR) is 137 cm³/mol. The van der Waals surface area contributed by atoms with E-state index in [0.29, 0.717) is 11.8 Å². The highest BCUT2D eigenvalue weighted by atomic mass is 32.2. The van der Waals surface area contributed by atoms with Crippen LogP contribution in [0.15, 0.2) is 60.0 Å². The Bertz CT molecular complexity index is 1400. The quantitative estimate of drug-likeness (QED) is 0.626. The zero-order valence-corrected chi connectivity index (χ0v) is 21.4. The fourth-order valence-corrected chi connectivity index (χ4v) is 9.49. The Labute approximate surface area is 208 Å². The number of nitrogens with one attached hydrogen (secondary N) is 1. The van der Waals surface area contributed by atoms with Crippen LogP contribution in [0.5, 0.6) is 0 Å². The molecule has 2 saturated carbocycles. The van der Waals surface area contributed by atoms with Gasteiger partial charge in [-0.05, 0) is 103 Å². The van der Waals surface area contributed by atoms with Gasteiger partial charge < -0.3 is 4.74 Å². The van der Waals surface area contributed by atoms with Crippen LogP contribution in [0.3, 0.4) is 0 Å². The second kappa shape index (κ2) is 7.27. The van der Waals surface area contributed by atoms with Gasteiger partial charge in [-0.3, -0.25) is 4.98 Å². The highest BCUT2D eigenvalue weighted by molar-refractivity contribution is 7.88.